The normalized spacial score (nSPS) is 10.0. The van der Waals surface area contributed by atoms with E-state index in [9.17, 15) is 5.11 Å². The first-order valence-electron chi connectivity index (χ1n) is 4.52. The first kappa shape index (κ1) is 9.85. The van der Waals surface area contributed by atoms with E-state index in [2.05, 4.69) is 6.58 Å². The molecule has 0 aromatic heterocycles. The van der Waals surface area contributed by atoms with E-state index < -0.39 is 0 Å². The molecule has 0 aliphatic rings. The summed E-state index contributed by atoms with van der Waals surface area (Å²) < 4.78 is 0. The highest BCUT2D eigenvalue weighted by Gasteiger charge is 2.00. The van der Waals surface area contributed by atoms with Crippen molar-refractivity contribution < 1.29 is 5.11 Å². The first-order valence-corrected chi connectivity index (χ1v) is 4.52. The largest absolute Gasteiger partial charge is 0.508 e. The summed E-state index contributed by atoms with van der Waals surface area (Å²) in [6.07, 6.45) is 1.82. The lowest BCUT2D eigenvalue weighted by atomic mass is 10.0. The summed E-state index contributed by atoms with van der Waals surface area (Å²) >= 11 is 0. The Kier molecular flexibility index (Phi) is 3.13. The van der Waals surface area contributed by atoms with E-state index >= 15 is 0 Å². The van der Waals surface area contributed by atoms with Crippen molar-refractivity contribution in [3.05, 3.63) is 41.5 Å². The van der Waals surface area contributed by atoms with Crippen LogP contribution >= 0.6 is 0 Å². The van der Waals surface area contributed by atoms with Crippen molar-refractivity contribution in [1.29, 1.82) is 0 Å². The number of aryl methyl sites for hydroxylation is 2. The van der Waals surface area contributed by atoms with Crippen molar-refractivity contribution in [3.63, 3.8) is 0 Å². The van der Waals surface area contributed by atoms with Crippen LogP contribution in [0.25, 0.3) is 0 Å². The molecule has 0 aliphatic heterocycles. The molecule has 13 heavy (non-hydrogen) atoms. The molecule has 0 aliphatic carbocycles. The average molecular weight is 176 g/mol. The van der Waals surface area contributed by atoms with E-state index in [0.29, 0.717) is 5.75 Å². The minimum atomic E-state index is 0.395. The van der Waals surface area contributed by atoms with E-state index in [1.807, 2.05) is 26.0 Å². The number of phenols is 1. The van der Waals surface area contributed by atoms with Crippen LogP contribution in [0.3, 0.4) is 0 Å². The zero-order valence-electron chi connectivity index (χ0n) is 8.30. The molecular weight excluding hydrogens is 160 g/mol. The molecule has 0 radical (unpaired) electrons. The fraction of sp³-hybridized carbons (Fsp3) is 0.333. The van der Waals surface area contributed by atoms with Crippen LogP contribution in [0.5, 0.6) is 5.75 Å². The third-order valence-corrected chi connectivity index (χ3v) is 2.06. The predicted octanol–water partition coefficient (Wildman–Crippen LogP) is 3.21. The summed E-state index contributed by atoms with van der Waals surface area (Å²) in [6, 6.07) is 5.70. The van der Waals surface area contributed by atoms with Gasteiger partial charge in [-0.05, 0) is 38.3 Å². The van der Waals surface area contributed by atoms with E-state index in [1.54, 1.807) is 6.07 Å². The molecule has 0 saturated carbocycles. The highest BCUT2D eigenvalue weighted by molar-refractivity contribution is 5.36. The summed E-state index contributed by atoms with van der Waals surface area (Å²) in [6.45, 7) is 7.88. The molecule has 70 valence electrons. The number of benzene rings is 1. The maximum atomic E-state index is 9.52. The van der Waals surface area contributed by atoms with Crippen LogP contribution in [0.15, 0.2) is 30.4 Å². The Balaban J connectivity index is 2.75. The standard InChI is InChI=1S/C12H16O/c1-9(2)4-6-11-8-10(3)5-7-12(11)13/h5,7-8,13H,1,4,6H2,2-3H3. The summed E-state index contributed by atoms with van der Waals surface area (Å²) in [4.78, 5) is 0. The Morgan fingerprint density at radius 3 is 2.77 bits per heavy atom. The van der Waals surface area contributed by atoms with Gasteiger partial charge in [-0.2, -0.15) is 0 Å². The molecule has 0 fully saturated rings. The third kappa shape index (κ3) is 2.94. The van der Waals surface area contributed by atoms with Crippen LogP contribution in [0.4, 0.5) is 0 Å². The summed E-state index contributed by atoms with van der Waals surface area (Å²) in [5, 5.41) is 9.52. The van der Waals surface area contributed by atoms with Crippen LogP contribution in [0, 0.1) is 6.92 Å². The quantitative estimate of drug-likeness (QED) is 0.701. The fourth-order valence-electron chi connectivity index (χ4n) is 1.26. The molecule has 0 amide bonds. The molecular formula is C12H16O. The van der Waals surface area contributed by atoms with Gasteiger partial charge < -0.3 is 5.11 Å². The Bertz CT molecular complexity index is 313. The van der Waals surface area contributed by atoms with Crippen molar-refractivity contribution in [2.75, 3.05) is 0 Å². The van der Waals surface area contributed by atoms with Crippen molar-refractivity contribution in [2.45, 2.75) is 26.7 Å². The van der Waals surface area contributed by atoms with Crippen LogP contribution in [-0.2, 0) is 6.42 Å². The number of rotatable bonds is 3. The maximum absolute atomic E-state index is 9.52. The fourth-order valence-corrected chi connectivity index (χ4v) is 1.26. The molecule has 1 nitrogen and oxygen atoms in total. The van der Waals surface area contributed by atoms with Gasteiger partial charge >= 0.3 is 0 Å². The van der Waals surface area contributed by atoms with E-state index in [4.69, 9.17) is 0 Å². The Labute approximate surface area is 79.7 Å². The van der Waals surface area contributed by atoms with Gasteiger partial charge in [0.15, 0.2) is 0 Å². The lowest BCUT2D eigenvalue weighted by molar-refractivity contribution is 0.467. The Hall–Kier alpha value is -1.24. The van der Waals surface area contributed by atoms with Crippen LogP contribution < -0.4 is 0 Å². The van der Waals surface area contributed by atoms with Crippen molar-refractivity contribution in [1.82, 2.24) is 0 Å². The SMILES string of the molecule is C=C(C)CCc1cc(C)ccc1O. The second kappa shape index (κ2) is 4.13. The molecule has 1 N–H and O–H groups in total. The average Bonchev–Trinajstić information content (AvgIpc) is 2.06. The molecule has 0 atom stereocenters. The molecule has 0 heterocycles. The van der Waals surface area contributed by atoms with Gasteiger partial charge in [-0.1, -0.05) is 23.3 Å². The Morgan fingerprint density at radius 2 is 2.15 bits per heavy atom. The molecule has 1 rings (SSSR count). The number of allylic oxidation sites excluding steroid dienone is 1. The number of hydrogen-bond acceptors (Lipinski definition) is 1. The van der Waals surface area contributed by atoms with Gasteiger partial charge in [0.2, 0.25) is 0 Å². The molecule has 1 aromatic carbocycles. The van der Waals surface area contributed by atoms with Gasteiger partial charge in [-0.15, -0.1) is 6.58 Å². The lowest BCUT2D eigenvalue weighted by Crippen LogP contribution is -1.88. The summed E-state index contributed by atoms with van der Waals surface area (Å²) in [7, 11) is 0. The van der Waals surface area contributed by atoms with E-state index in [0.717, 1.165) is 24.0 Å². The number of phenolic OH excluding ortho intramolecular Hbond substituents is 1. The van der Waals surface area contributed by atoms with Gasteiger partial charge in [0.25, 0.3) is 0 Å². The van der Waals surface area contributed by atoms with Gasteiger partial charge in [-0.3, -0.25) is 0 Å². The minimum absolute atomic E-state index is 0.395. The summed E-state index contributed by atoms with van der Waals surface area (Å²) in [5.74, 6) is 0.395. The Morgan fingerprint density at radius 1 is 1.46 bits per heavy atom. The first-order chi connectivity index (χ1) is 6.09. The third-order valence-electron chi connectivity index (χ3n) is 2.06. The highest BCUT2D eigenvalue weighted by atomic mass is 16.3. The minimum Gasteiger partial charge on any atom is -0.508 e. The summed E-state index contributed by atoms with van der Waals surface area (Å²) in [5.41, 5.74) is 3.36. The van der Waals surface area contributed by atoms with Gasteiger partial charge in [0, 0.05) is 0 Å². The highest BCUT2D eigenvalue weighted by Crippen LogP contribution is 2.20. The van der Waals surface area contributed by atoms with Crippen LogP contribution in [0.2, 0.25) is 0 Å². The second-order valence-electron chi connectivity index (χ2n) is 3.59. The lowest BCUT2D eigenvalue weighted by Gasteiger charge is -2.05. The van der Waals surface area contributed by atoms with Gasteiger partial charge in [0.05, 0.1) is 0 Å². The number of hydrogen-bond donors (Lipinski definition) is 1. The molecule has 0 saturated heterocycles. The van der Waals surface area contributed by atoms with Gasteiger partial charge in [-0.25, -0.2) is 0 Å². The van der Waals surface area contributed by atoms with Crippen molar-refractivity contribution in [2.24, 2.45) is 0 Å². The smallest absolute Gasteiger partial charge is 0.118 e. The maximum Gasteiger partial charge on any atom is 0.118 e. The molecule has 0 bridgehead atoms. The van der Waals surface area contributed by atoms with Crippen LogP contribution in [0.1, 0.15) is 24.5 Å². The van der Waals surface area contributed by atoms with Gasteiger partial charge in [0.1, 0.15) is 5.75 Å². The zero-order valence-corrected chi connectivity index (χ0v) is 8.30. The zero-order chi connectivity index (χ0) is 9.84. The second-order valence-corrected chi connectivity index (χ2v) is 3.59. The van der Waals surface area contributed by atoms with Crippen LogP contribution in [-0.4, -0.2) is 5.11 Å². The molecule has 0 spiro atoms. The molecule has 1 heteroatoms. The van der Waals surface area contributed by atoms with E-state index in [-0.39, 0.29) is 0 Å². The molecule has 1 aromatic rings. The topological polar surface area (TPSA) is 20.2 Å². The number of aromatic hydroxyl groups is 1. The molecule has 0 unspecified atom stereocenters. The van der Waals surface area contributed by atoms with Crippen molar-refractivity contribution >= 4 is 0 Å². The monoisotopic (exact) mass is 176 g/mol. The predicted molar refractivity (Wildman–Crippen MR) is 56.0 cm³/mol. The van der Waals surface area contributed by atoms with Crippen molar-refractivity contribution in [3.8, 4) is 5.75 Å². The van der Waals surface area contributed by atoms with E-state index in [1.165, 1.54) is 5.56 Å².